The lowest BCUT2D eigenvalue weighted by Gasteiger charge is -2.13. The predicted octanol–water partition coefficient (Wildman–Crippen LogP) is 3.65. The molecule has 0 N–H and O–H groups in total. The zero-order valence-corrected chi connectivity index (χ0v) is 15.7. The summed E-state index contributed by atoms with van der Waals surface area (Å²) in [4.78, 5) is 30.0. The number of rotatable bonds is 6. The summed E-state index contributed by atoms with van der Waals surface area (Å²) in [6.07, 6.45) is 1.41. The van der Waals surface area contributed by atoms with Crippen molar-refractivity contribution in [1.29, 1.82) is 0 Å². The van der Waals surface area contributed by atoms with Gasteiger partial charge in [-0.25, -0.2) is 9.78 Å². The number of ether oxygens (including phenoxy) is 2. The average molecular weight is 372 g/mol. The normalized spacial score (nSPS) is 12.1. The lowest BCUT2D eigenvalue weighted by Crippen LogP contribution is -2.29. The summed E-state index contributed by atoms with van der Waals surface area (Å²) in [7, 11) is 0. The minimum atomic E-state index is -0.729. The number of hydrogen-bond acceptors (Lipinski definition) is 6. The van der Waals surface area contributed by atoms with E-state index >= 15 is 0 Å². The standard InChI is InChI=1S/C19H20N2O4S/c1-4-24-14-8-6-13(7-9-14)15-10-26-17-16(15)18(22)21(11-20-17)12(3)19(23)25-5-2/h6-12H,4-5H2,1-3H3. The Morgan fingerprint density at radius 3 is 2.62 bits per heavy atom. The first kappa shape index (κ1) is 18.1. The fraction of sp³-hybridized carbons (Fsp3) is 0.316. The third-order valence-electron chi connectivity index (χ3n) is 4.04. The van der Waals surface area contributed by atoms with E-state index in [0.717, 1.165) is 16.9 Å². The van der Waals surface area contributed by atoms with Crippen molar-refractivity contribution in [1.82, 2.24) is 9.55 Å². The lowest BCUT2D eigenvalue weighted by atomic mass is 10.1. The van der Waals surface area contributed by atoms with Crippen LogP contribution in [0.4, 0.5) is 0 Å². The van der Waals surface area contributed by atoms with Crippen LogP contribution in [-0.2, 0) is 9.53 Å². The number of carbonyl (C=O) groups excluding carboxylic acids is 1. The Kier molecular flexibility index (Phi) is 5.37. The Bertz CT molecular complexity index is 975. The van der Waals surface area contributed by atoms with Crippen molar-refractivity contribution in [2.75, 3.05) is 13.2 Å². The van der Waals surface area contributed by atoms with Crippen molar-refractivity contribution < 1.29 is 14.3 Å². The largest absolute Gasteiger partial charge is 0.494 e. The van der Waals surface area contributed by atoms with Crippen molar-refractivity contribution in [2.24, 2.45) is 0 Å². The number of hydrogen-bond donors (Lipinski definition) is 0. The van der Waals surface area contributed by atoms with E-state index in [1.54, 1.807) is 13.8 Å². The maximum Gasteiger partial charge on any atom is 0.328 e. The lowest BCUT2D eigenvalue weighted by molar-refractivity contribution is -0.146. The Morgan fingerprint density at radius 1 is 1.23 bits per heavy atom. The van der Waals surface area contributed by atoms with Gasteiger partial charge in [-0.1, -0.05) is 12.1 Å². The number of benzene rings is 1. The summed E-state index contributed by atoms with van der Waals surface area (Å²) in [5, 5.41) is 2.42. The Balaban J connectivity index is 2.06. The van der Waals surface area contributed by atoms with Crippen LogP contribution in [0.1, 0.15) is 26.8 Å². The molecule has 2 aromatic heterocycles. The smallest absolute Gasteiger partial charge is 0.328 e. The van der Waals surface area contributed by atoms with Gasteiger partial charge < -0.3 is 9.47 Å². The molecule has 136 valence electrons. The zero-order valence-electron chi connectivity index (χ0n) is 14.9. The molecule has 0 saturated carbocycles. The van der Waals surface area contributed by atoms with E-state index in [1.807, 2.05) is 36.6 Å². The van der Waals surface area contributed by atoms with Crippen LogP contribution in [0, 0.1) is 0 Å². The van der Waals surface area contributed by atoms with Gasteiger partial charge in [-0.15, -0.1) is 11.3 Å². The summed E-state index contributed by atoms with van der Waals surface area (Å²) in [5.74, 6) is 0.329. The monoisotopic (exact) mass is 372 g/mol. The van der Waals surface area contributed by atoms with E-state index in [2.05, 4.69) is 4.98 Å². The highest BCUT2D eigenvalue weighted by atomic mass is 32.1. The van der Waals surface area contributed by atoms with Gasteiger partial charge in [-0.05, 0) is 38.5 Å². The molecule has 0 amide bonds. The molecule has 3 rings (SSSR count). The average Bonchev–Trinajstić information content (AvgIpc) is 3.08. The number of nitrogens with zero attached hydrogens (tertiary/aromatic N) is 2. The molecule has 0 spiro atoms. The van der Waals surface area contributed by atoms with E-state index in [0.29, 0.717) is 16.8 Å². The molecule has 1 unspecified atom stereocenters. The minimum Gasteiger partial charge on any atom is -0.494 e. The molecule has 6 nitrogen and oxygen atoms in total. The van der Waals surface area contributed by atoms with Crippen molar-refractivity contribution in [2.45, 2.75) is 26.8 Å². The number of fused-ring (bicyclic) bond motifs is 1. The molecule has 0 saturated heterocycles. The second kappa shape index (κ2) is 7.70. The molecule has 0 bridgehead atoms. The van der Waals surface area contributed by atoms with Gasteiger partial charge in [-0.2, -0.15) is 0 Å². The highest BCUT2D eigenvalue weighted by Crippen LogP contribution is 2.31. The molecule has 0 radical (unpaired) electrons. The van der Waals surface area contributed by atoms with Crippen LogP contribution in [0.3, 0.4) is 0 Å². The third-order valence-corrected chi connectivity index (χ3v) is 4.93. The van der Waals surface area contributed by atoms with Gasteiger partial charge >= 0.3 is 5.97 Å². The van der Waals surface area contributed by atoms with Gasteiger partial charge in [-0.3, -0.25) is 9.36 Å². The fourth-order valence-electron chi connectivity index (χ4n) is 2.71. The maximum atomic E-state index is 13.0. The number of carbonyl (C=O) groups is 1. The van der Waals surface area contributed by atoms with Gasteiger partial charge in [0.05, 0.1) is 24.9 Å². The van der Waals surface area contributed by atoms with Crippen LogP contribution in [0.2, 0.25) is 0 Å². The zero-order chi connectivity index (χ0) is 18.7. The van der Waals surface area contributed by atoms with Crippen molar-refractivity contribution >= 4 is 27.5 Å². The van der Waals surface area contributed by atoms with Crippen LogP contribution >= 0.6 is 11.3 Å². The Labute approximate surface area is 155 Å². The summed E-state index contributed by atoms with van der Waals surface area (Å²) in [6, 6.07) is 6.85. The first-order chi connectivity index (χ1) is 12.6. The molecular weight excluding hydrogens is 352 g/mol. The fourth-order valence-corrected chi connectivity index (χ4v) is 3.61. The van der Waals surface area contributed by atoms with E-state index in [4.69, 9.17) is 9.47 Å². The SMILES string of the molecule is CCOC(=O)C(C)n1cnc2scc(-c3ccc(OCC)cc3)c2c1=O. The van der Waals surface area contributed by atoms with Crippen LogP contribution in [0.15, 0.2) is 40.8 Å². The van der Waals surface area contributed by atoms with Crippen LogP contribution in [0.25, 0.3) is 21.3 Å². The molecule has 0 aliphatic heterocycles. The van der Waals surface area contributed by atoms with Gasteiger partial charge in [0.2, 0.25) is 0 Å². The molecule has 7 heteroatoms. The van der Waals surface area contributed by atoms with E-state index in [9.17, 15) is 9.59 Å². The number of aromatic nitrogens is 2. The van der Waals surface area contributed by atoms with Crippen molar-refractivity contribution in [3.05, 3.63) is 46.3 Å². The quantitative estimate of drug-likeness (QED) is 0.618. The van der Waals surface area contributed by atoms with Gasteiger partial charge in [0.1, 0.15) is 16.6 Å². The Hall–Kier alpha value is -2.67. The van der Waals surface area contributed by atoms with E-state index in [-0.39, 0.29) is 12.2 Å². The van der Waals surface area contributed by atoms with Gasteiger partial charge in [0.25, 0.3) is 5.56 Å². The second-order valence-electron chi connectivity index (χ2n) is 5.67. The summed E-state index contributed by atoms with van der Waals surface area (Å²) in [6.45, 7) is 6.16. The van der Waals surface area contributed by atoms with Crippen molar-refractivity contribution in [3.63, 3.8) is 0 Å². The van der Waals surface area contributed by atoms with Crippen LogP contribution in [0.5, 0.6) is 5.75 Å². The molecule has 26 heavy (non-hydrogen) atoms. The first-order valence-corrected chi connectivity index (χ1v) is 9.33. The number of thiophene rings is 1. The molecule has 1 atom stereocenters. The molecule has 0 fully saturated rings. The minimum absolute atomic E-state index is 0.249. The molecular formula is C19H20N2O4S. The maximum absolute atomic E-state index is 13.0. The first-order valence-electron chi connectivity index (χ1n) is 8.45. The molecule has 2 heterocycles. The van der Waals surface area contributed by atoms with Crippen LogP contribution < -0.4 is 10.3 Å². The molecule has 1 aromatic carbocycles. The molecule has 0 aliphatic rings. The van der Waals surface area contributed by atoms with Crippen molar-refractivity contribution in [3.8, 4) is 16.9 Å². The molecule has 0 aliphatic carbocycles. The topological polar surface area (TPSA) is 70.4 Å². The number of esters is 1. The summed E-state index contributed by atoms with van der Waals surface area (Å²) >= 11 is 1.40. The third kappa shape index (κ3) is 3.35. The van der Waals surface area contributed by atoms with Gasteiger partial charge in [0.15, 0.2) is 0 Å². The Morgan fingerprint density at radius 2 is 1.96 bits per heavy atom. The van der Waals surface area contributed by atoms with E-state index < -0.39 is 12.0 Å². The van der Waals surface area contributed by atoms with Gasteiger partial charge in [0, 0.05) is 10.9 Å². The highest BCUT2D eigenvalue weighted by Gasteiger charge is 2.21. The van der Waals surface area contributed by atoms with Crippen LogP contribution in [-0.4, -0.2) is 28.7 Å². The van der Waals surface area contributed by atoms with E-state index in [1.165, 1.54) is 22.2 Å². The highest BCUT2D eigenvalue weighted by molar-refractivity contribution is 7.17. The predicted molar refractivity (Wildman–Crippen MR) is 102 cm³/mol. The second-order valence-corrected chi connectivity index (χ2v) is 6.53. The summed E-state index contributed by atoms with van der Waals surface area (Å²) < 4.78 is 11.8. The summed E-state index contributed by atoms with van der Waals surface area (Å²) in [5.41, 5.74) is 1.46. The molecule has 3 aromatic rings.